The number of nitrogens with one attached hydrogen (secondary N) is 2. The molecule has 3 aromatic rings. The number of halogens is 1. The van der Waals surface area contributed by atoms with Gasteiger partial charge in [0.15, 0.2) is 11.5 Å². The van der Waals surface area contributed by atoms with Crippen LogP contribution in [0.15, 0.2) is 71.2 Å². The number of carbonyl (C=O) groups excluding carboxylic acids is 1. The summed E-state index contributed by atoms with van der Waals surface area (Å²) in [5.74, 6) is 1.38. The third-order valence-corrected chi connectivity index (χ3v) is 5.55. The summed E-state index contributed by atoms with van der Waals surface area (Å²) in [4.78, 5) is 11.8. The number of hydrogen-bond donors (Lipinski definition) is 2. The molecule has 0 radical (unpaired) electrons. The lowest BCUT2D eigenvalue weighted by Crippen LogP contribution is -2.17. The number of benzene rings is 3. The molecule has 0 spiro atoms. The molecule has 2 N–H and O–H groups in total. The minimum absolute atomic E-state index is 0.00710. The van der Waals surface area contributed by atoms with Crippen LogP contribution in [-0.4, -0.2) is 12.5 Å². The molecule has 0 aliphatic heterocycles. The summed E-state index contributed by atoms with van der Waals surface area (Å²) < 4.78 is 12.8. The van der Waals surface area contributed by atoms with Crippen molar-refractivity contribution in [1.29, 1.82) is 0 Å². The van der Waals surface area contributed by atoms with Gasteiger partial charge in [-0.25, -0.2) is 0 Å². The second-order valence-corrected chi connectivity index (χ2v) is 8.53. The zero-order valence-electron chi connectivity index (χ0n) is 18.7. The molecule has 0 fully saturated rings. The van der Waals surface area contributed by atoms with Crippen LogP contribution in [0.4, 0.5) is 11.4 Å². The number of carbonyl (C=O) groups is 1. The van der Waals surface area contributed by atoms with Gasteiger partial charge in [-0.1, -0.05) is 60.1 Å². The fourth-order valence-electron chi connectivity index (χ4n) is 2.98. The molecule has 0 heterocycles. The Morgan fingerprint density at radius 3 is 2.25 bits per heavy atom. The Hall–Kier alpha value is -2.99. The quantitative estimate of drug-likeness (QED) is 0.330. The van der Waals surface area contributed by atoms with E-state index in [0.29, 0.717) is 25.5 Å². The molecule has 5 nitrogen and oxygen atoms in total. The van der Waals surface area contributed by atoms with Gasteiger partial charge in [-0.3, -0.25) is 4.79 Å². The fraction of sp³-hybridized carbons (Fsp3) is 0.269. The Labute approximate surface area is 198 Å². The summed E-state index contributed by atoms with van der Waals surface area (Å²) in [6, 6.07) is 21.7. The van der Waals surface area contributed by atoms with Crippen LogP contribution in [0.5, 0.6) is 11.5 Å². The Balaban J connectivity index is 1.65. The molecule has 6 heteroatoms. The molecule has 168 valence electrons. The van der Waals surface area contributed by atoms with Gasteiger partial charge in [0.25, 0.3) is 0 Å². The fourth-order valence-corrected chi connectivity index (χ4v) is 3.45. The van der Waals surface area contributed by atoms with Crippen LogP contribution in [0.25, 0.3) is 0 Å². The number of ether oxygens (including phenoxy) is 2. The maximum atomic E-state index is 11.8. The lowest BCUT2D eigenvalue weighted by molar-refractivity contribution is -0.118. The highest BCUT2D eigenvalue weighted by Gasteiger charge is 2.12. The van der Waals surface area contributed by atoms with E-state index in [1.807, 2.05) is 87.5 Å². The predicted octanol–water partition coefficient (Wildman–Crippen LogP) is 6.63. The number of anilines is 2. The first kappa shape index (κ1) is 23.7. The largest absolute Gasteiger partial charge is 0.490 e. The Bertz CT molecular complexity index is 1020. The van der Waals surface area contributed by atoms with Crippen molar-refractivity contribution in [3.05, 3.63) is 82.3 Å². The van der Waals surface area contributed by atoms with Crippen LogP contribution in [0.2, 0.25) is 0 Å². The Morgan fingerprint density at radius 2 is 1.59 bits per heavy atom. The maximum Gasteiger partial charge on any atom is 0.226 e. The van der Waals surface area contributed by atoms with Gasteiger partial charge in [0, 0.05) is 28.3 Å². The van der Waals surface area contributed by atoms with Crippen LogP contribution < -0.4 is 20.1 Å². The molecule has 32 heavy (non-hydrogen) atoms. The molecule has 0 aliphatic carbocycles. The van der Waals surface area contributed by atoms with Gasteiger partial charge in [0.05, 0.1) is 6.61 Å². The highest BCUT2D eigenvalue weighted by Crippen LogP contribution is 2.35. The van der Waals surface area contributed by atoms with E-state index in [4.69, 9.17) is 9.47 Å². The lowest BCUT2D eigenvalue weighted by Gasteiger charge is -2.16. The SMILES string of the molecule is CCOc1cc(CNc2ccc(NC(=O)C(C)C)cc2)c(Br)cc1OCc1ccccc1. The molecule has 1 amide bonds. The summed E-state index contributed by atoms with van der Waals surface area (Å²) in [6.45, 7) is 7.34. The van der Waals surface area contributed by atoms with Gasteiger partial charge in [-0.05, 0) is 54.4 Å². The van der Waals surface area contributed by atoms with Crippen LogP contribution in [0.1, 0.15) is 31.9 Å². The predicted molar refractivity (Wildman–Crippen MR) is 133 cm³/mol. The Morgan fingerprint density at radius 1 is 0.938 bits per heavy atom. The molecule has 3 rings (SSSR count). The molecular formula is C26H29BrN2O3. The first-order valence-electron chi connectivity index (χ1n) is 10.7. The van der Waals surface area contributed by atoms with Crippen molar-refractivity contribution < 1.29 is 14.3 Å². The van der Waals surface area contributed by atoms with Crippen LogP contribution in [0.3, 0.4) is 0 Å². The maximum absolute atomic E-state index is 11.8. The van der Waals surface area contributed by atoms with E-state index in [9.17, 15) is 4.79 Å². The minimum atomic E-state index is -0.0515. The standard InChI is InChI=1S/C26H29BrN2O3/c1-4-31-24-14-20(23(27)15-25(24)32-17-19-8-6-5-7-9-19)16-28-21-10-12-22(13-11-21)29-26(30)18(2)3/h5-15,18,28H,4,16-17H2,1-3H3,(H,29,30). The van der Waals surface area contributed by atoms with E-state index >= 15 is 0 Å². The summed E-state index contributed by atoms with van der Waals surface area (Å²) >= 11 is 3.66. The van der Waals surface area contributed by atoms with E-state index in [2.05, 4.69) is 26.6 Å². The number of rotatable bonds is 10. The minimum Gasteiger partial charge on any atom is -0.490 e. The molecule has 3 aromatic carbocycles. The smallest absolute Gasteiger partial charge is 0.226 e. The second kappa shape index (κ2) is 11.6. The second-order valence-electron chi connectivity index (χ2n) is 7.67. The molecule has 0 unspecified atom stereocenters. The van der Waals surface area contributed by atoms with Crippen molar-refractivity contribution in [1.82, 2.24) is 0 Å². The molecule has 0 atom stereocenters. The molecule has 0 aliphatic rings. The van der Waals surface area contributed by atoms with Gasteiger partial charge in [0.2, 0.25) is 5.91 Å². The first-order valence-corrected chi connectivity index (χ1v) is 11.5. The number of hydrogen-bond acceptors (Lipinski definition) is 4. The van der Waals surface area contributed by atoms with Gasteiger partial charge in [-0.2, -0.15) is 0 Å². The zero-order chi connectivity index (χ0) is 22.9. The van der Waals surface area contributed by atoms with E-state index < -0.39 is 0 Å². The van der Waals surface area contributed by atoms with Gasteiger partial charge >= 0.3 is 0 Å². The van der Waals surface area contributed by atoms with Crippen molar-refractivity contribution in [3.63, 3.8) is 0 Å². The average molecular weight is 497 g/mol. The van der Waals surface area contributed by atoms with Crippen LogP contribution in [-0.2, 0) is 17.9 Å². The van der Waals surface area contributed by atoms with Crippen molar-refractivity contribution in [2.24, 2.45) is 5.92 Å². The zero-order valence-corrected chi connectivity index (χ0v) is 20.2. The van der Waals surface area contributed by atoms with Crippen LogP contribution in [0, 0.1) is 5.92 Å². The van der Waals surface area contributed by atoms with Gasteiger partial charge < -0.3 is 20.1 Å². The van der Waals surface area contributed by atoms with Gasteiger partial charge in [-0.15, -0.1) is 0 Å². The van der Waals surface area contributed by atoms with Crippen molar-refractivity contribution in [2.75, 3.05) is 17.2 Å². The molecule has 0 saturated heterocycles. The molecule has 0 bridgehead atoms. The summed E-state index contributed by atoms with van der Waals surface area (Å²) in [5, 5.41) is 6.31. The summed E-state index contributed by atoms with van der Waals surface area (Å²) in [7, 11) is 0. The van der Waals surface area contributed by atoms with Crippen molar-refractivity contribution in [3.8, 4) is 11.5 Å². The highest BCUT2D eigenvalue weighted by atomic mass is 79.9. The Kier molecular flexibility index (Phi) is 8.56. The van der Waals surface area contributed by atoms with E-state index in [0.717, 1.165) is 32.7 Å². The molecule has 0 aromatic heterocycles. The normalized spacial score (nSPS) is 10.7. The number of amides is 1. The highest BCUT2D eigenvalue weighted by molar-refractivity contribution is 9.10. The third-order valence-electron chi connectivity index (χ3n) is 4.81. The van der Waals surface area contributed by atoms with Crippen LogP contribution >= 0.6 is 15.9 Å². The van der Waals surface area contributed by atoms with E-state index in [1.165, 1.54) is 0 Å². The van der Waals surface area contributed by atoms with E-state index in [-0.39, 0.29) is 11.8 Å². The summed E-state index contributed by atoms with van der Waals surface area (Å²) in [6.07, 6.45) is 0. The lowest BCUT2D eigenvalue weighted by atomic mass is 10.1. The third kappa shape index (κ3) is 6.76. The monoisotopic (exact) mass is 496 g/mol. The van der Waals surface area contributed by atoms with Crippen molar-refractivity contribution >= 4 is 33.2 Å². The average Bonchev–Trinajstić information content (AvgIpc) is 2.79. The molecule has 0 saturated carbocycles. The molecular weight excluding hydrogens is 468 g/mol. The first-order chi connectivity index (χ1) is 15.5. The topological polar surface area (TPSA) is 59.6 Å². The van der Waals surface area contributed by atoms with E-state index in [1.54, 1.807) is 0 Å². The van der Waals surface area contributed by atoms with Crippen molar-refractivity contribution in [2.45, 2.75) is 33.9 Å². The summed E-state index contributed by atoms with van der Waals surface area (Å²) in [5.41, 5.74) is 3.90. The van der Waals surface area contributed by atoms with Gasteiger partial charge in [0.1, 0.15) is 6.61 Å².